The summed E-state index contributed by atoms with van der Waals surface area (Å²) in [5.74, 6) is 0. The Labute approximate surface area is 136 Å². The van der Waals surface area contributed by atoms with Crippen LogP contribution >= 0.6 is 11.8 Å². The summed E-state index contributed by atoms with van der Waals surface area (Å²) in [6.07, 6.45) is 0. The summed E-state index contributed by atoms with van der Waals surface area (Å²) in [7, 11) is 0. The van der Waals surface area contributed by atoms with Crippen molar-refractivity contribution in [3.8, 4) is 0 Å². The third kappa shape index (κ3) is 4.37. The number of anilines is 1. The average molecular weight is 361 g/mol. The molecule has 0 radical (unpaired) electrons. The number of nitrogens with one attached hydrogen (secondary N) is 1. The van der Waals surface area contributed by atoms with Gasteiger partial charge in [0.25, 0.3) is 0 Å². The molecular formula is C17H18N2SSe. The molecule has 1 aliphatic rings. The molecule has 1 N–H and O–H groups in total. The molecule has 0 amide bonds. The Morgan fingerprint density at radius 2 is 1.90 bits per heavy atom. The van der Waals surface area contributed by atoms with E-state index in [0.29, 0.717) is 20.2 Å². The summed E-state index contributed by atoms with van der Waals surface area (Å²) in [6.45, 7) is 3.04. The Morgan fingerprint density at radius 1 is 1.14 bits per heavy atom. The maximum absolute atomic E-state index is 4.63. The summed E-state index contributed by atoms with van der Waals surface area (Å²) in [5.41, 5.74) is 2.41. The van der Waals surface area contributed by atoms with Crippen LogP contribution in [0.1, 0.15) is 5.56 Å². The first-order chi connectivity index (χ1) is 10.3. The van der Waals surface area contributed by atoms with E-state index in [1.54, 1.807) is 0 Å². The monoisotopic (exact) mass is 362 g/mol. The van der Waals surface area contributed by atoms with E-state index >= 15 is 0 Å². The molecule has 2 nitrogen and oxygen atoms in total. The molecule has 0 saturated carbocycles. The molecule has 1 unspecified atom stereocenters. The van der Waals surface area contributed by atoms with Gasteiger partial charge in [-0.3, -0.25) is 0 Å². The number of nitrogens with zero attached hydrogens (tertiary/aromatic N) is 1. The third-order valence-electron chi connectivity index (χ3n) is 3.20. The zero-order valence-electron chi connectivity index (χ0n) is 12.0. The zero-order valence-corrected chi connectivity index (χ0v) is 14.5. The molecule has 3 rings (SSSR count). The van der Waals surface area contributed by atoms with Crippen molar-refractivity contribution in [2.45, 2.75) is 17.5 Å². The number of thioether (sulfide) groups is 1. The molecule has 1 aliphatic heterocycles. The van der Waals surface area contributed by atoms with Crippen LogP contribution in [0, 0.1) is 6.92 Å². The summed E-state index contributed by atoms with van der Waals surface area (Å²) < 4.78 is 1.48. The number of hydrogen-bond acceptors (Lipinski definition) is 3. The van der Waals surface area contributed by atoms with E-state index in [9.17, 15) is 0 Å². The van der Waals surface area contributed by atoms with E-state index < -0.39 is 0 Å². The second-order valence-electron chi connectivity index (χ2n) is 5.00. The molecule has 2 aromatic carbocycles. The number of aliphatic imine (C=N–C) groups is 1. The third-order valence-corrected chi connectivity index (χ3v) is 7.24. The minimum atomic E-state index is 0.549. The van der Waals surface area contributed by atoms with Gasteiger partial charge >= 0.3 is 137 Å². The van der Waals surface area contributed by atoms with Crippen molar-refractivity contribution in [3.63, 3.8) is 0 Å². The van der Waals surface area contributed by atoms with Gasteiger partial charge in [0.1, 0.15) is 0 Å². The Morgan fingerprint density at radius 3 is 2.67 bits per heavy atom. The van der Waals surface area contributed by atoms with Gasteiger partial charge in [0.15, 0.2) is 0 Å². The second-order valence-corrected chi connectivity index (χ2v) is 8.58. The summed E-state index contributed by atoms with van der Waals surface area (Å²) in [6, 6.07) is 19.3. The van der Waals surface area contributed by atoms with E-state index in [-0.39, 0.29) is 0 Å². The van der Waals surface area contributed by atoms with Gasteiger partial charge in [-0.2, -0.15) is 0 Å². The molecule has 0 bridgehead atoms. The van der Waals surface area contributed by atoms with Crippen molar-refractivity contribution in [1.29, 1.82) is 0 Å². The van der Waals surface area contributed by atoms with E-state index in [4.69, 9.17) is 0 Å². The van der Waals surface area contributed by atoms with E-state index in [0.717, 1.165) is 17.4 Å². The molecule has 0 fully saturated rings. The van der Waals surface area contributed by atoms with E-state index in [2.05, 4.69) is 71.8 Å². The Balaban J connectivity index is 1.47. The van der Waals surface area contributed by atoms with Crippen molar-refractivity contribution < 1.29 is 0 Å². The summed E-state index contributed by atoms with van der Waals surface area (Å²) >= 11 is 2.43. The maximum atomic E-state index is 4.63. The SMILES string of the molecule is Cc1ccc(NC2=NCC(C[Se]c3ccccc3)S2)cc1. The Bertz CT molecular complexity index is 610. The van der Waals surface area contributed by atoms with Crippen molar-refractivity contribution in [1.82, 2.24) is 0 Å². The molecule has 108 valence electrons. The van der Waals surface area contributed by atoms with Crippen molar-refractivity contribution in [2.75, 3.05) is 11.9 Å². The van der Waals surface area contributed by atoms with Crippen LogP contribution in [0.4, 0.5) is 5.69 Å². The molecule has 4 heteroatoms. The molecule has 1 atom stereocenters. The van der Waals surface area contributed by atoms with Crippen LogP contribution in [-0.2, 0) is 0 Å². The summed E-state index contributed by atoms with van der Waals surface area (Å²) in [5, 5.41) is 6.34. The van der Waals surface area contributed by atoms with Crippen molar-refractivity contribution in [3.05, 3.63) is 60.2 Å². The molecule has 0 aliphatic carbocycles. The number of benzene rings is 2. The predicted molar refractivity (Wildman–Crippen MR) is 95.1 cm³/mol. The van der Waals surface area contributed by atoms with Crippen molar-refractivity contribution >= 4 is 42.0 Å². The Kier molecular flexibility index (Phi) is 5.02. The van der Waals surface area contributed by atoms with Crippen LogP contribution < -0.4 is 9.78 Å². The second kappa shape index (κ2) is 7.17. The number of aryl methyl sites for hydroxylation is 1. The van der Waals surface area contributed by atoms with E-state index in [1.807, 2.05) is 11.8 Å². The van der Waals surface area contributed by atoms with Gasteiger partial charge in [0.2, 0.25) is 0 Å². The first-order valence-corrected chi connectivity index (χ1v) is 9.97. The summed E-state index contributed by atoms with van der Waals surface area (Å²) in [4.78, 5) is 4.63. The van der Waals surface area contributed by atoms with Gasteiger partial charge in [-0.1, -0.05) is 0 Å². The van der Waals surface area contributed by atoms with Gasteiger partial charge in [0.05, 0.1) is 0 Å². The first kappa shape index (κ1) is 14.7. The van der Waals surface area contributed by atoms with Crippen LogP contribution in [-0.4, -0.2) is 31.9 Å². The quantitative estimate of drug-likeness (QED) is 0.845. The van der Waals surface area contributed by atoms with E-state index in [1.165, 1.54) is 15.3 Å². The topological polar surface area (TPSA) is 24.4 Å². The fourth-order valence-electron chi connectivity index (χ4n) is 2.04. The van der Waals surface area contributed by atoms with Gasteiger partial charge in [-0.05, 0) is 0 Å². The predicted octanol–water partition coefficient (Wildman–Crippen LogP) is 3.33. The van der Waals surface area contributed by atoms with Crippen LogP contribution in [0.25, 0.3) is 0 Å². The molecule has 0 saturated heterocycles. The van der Waals surface area contributed by atoms with Crippen LogP contribution in [0.2, 0.25) is 5.32 Å². The van der Waals surface area contributed by atoms with Gasteiger partial charge in [-0.25, -0.2) is 0 Å². The first-order valence-electron chi connectivity index (χ1n) is 7.02. The Hall–Kier alpha value is -1.22. The van der Waals surface area contributed by atoms with Gasteiger partial charge in [0, 0.05) is 0 Å². The number of hydrogen-bond donors (Lipinski definition) is 1. The van der Waals surface area contributed by atoms with Crippen LogP contribution in [0.3, 0.4) is 0 Å². The fraction of sp³-hybridized carbons (Fsp3) is 0.235. The van der Waals surface area contributed by atoms with Gasteiger partial charge in [-0.15, -0.1) is 0 Å². The zero-order chi connectivity index (χ0) is 14.5. The van der Waals surface area contributed by atoms with Gasteiger partial charge < -0.3 is 0 Å². The van der Waals surface area contributed by atoms with Crippen LogP contribution in [0.15, 0.2) is 59.6 Å². The molecule has 21 heavy (non-hydrogen) atoms. The van der Waals surface area contributed by atoms with Crippen LogP contribution in [0.5, 0.6) is 0 Å². The average Bonchev–Trinajstić information content (AvgIpc) is 2.96. The van der Waals surface area contributed by atoms with Crippen molar-refractivity contribution in [2.24, 2.45) is 4.99 Å². The standard InChI is InChI=1S/C17H18N2SSe/c1-13-7-9-14(10-8-13)19-17-18-11-15(20-17)12-21-16-5-3-2-4-6-16/h2-10,15H,11-12H2,1H3,(H,18,19). The molecule has 0 spiro atoms. The molecule has 1 heterocycles. The number of rotatable bonds is 4. The molecular weight excluding hydrogens is 343 g/mol. The minimum absolute atomic E-state index is 0.549. The fourth-order valence-corrected chi connectivity index (χ4v) is 5.43. The molecule has 2 aromatic rings. The number of amidine groups is 1. The normalized spacial score (nSPS) is 17.6. The molecule has 0 aromatic heterocycles.